The molecule has 0 spiro atoms. The Labute approximate surface area is 226 Å². The van der Waals surface area contributed by atoms with Gasteiger partial charge in [-0.2, -0.15) is 0 Å². The van der Waals surface area contributed by atoms with Crippen LogP contribution in [0.2, 0.25) is 0 Å². The van der Waals surface area contributed by atoms with Crippen LogP contribution in [-0.2, 0) is 22.7 Å². The van der Waals surface area contributed by atoms with Crippen LogP contribution in [0.3, 0.4) is 0 Å². The highest BCUT2D eigenvalue weighted by atomic mass is 32.2. The third-order valence-electron chi connectivity index (χ3n) is 6.67. The van der Waals surface area contributed by atoms with Crippen molar-refractivity contribution in [3.05, 3.63) is 72.3 Å². The van der Waals surface area contributed by atoms with Gasteiger partial charge in [0.25, 0.3) is 0 Å². The van der Waals surface area contributed by atoms with Crippen LogP contribution >= 0.6 is 23.5 Å². The van der Waals surface area contributed by atoms with Gasteiger partial charge < -0.3 is 18.9 Å². The fourth-order valence-electron chi connectivity index (χ4n) is 4.56. The second kappa shape index (κ2) is 15.6. The topological polar surface area (TPSA) is 36.9 Å². The maximum atomic E-state index is 6.76. The summed E-state index contributed by atoms with van der Waals surface area (Å²) in [7, 11) is 3.39. The molecule has 198 valence electrons. The van der Waals surface area contributed by atoms with Crippen molar-refractivity contribution in [2.75, 3.05) is 32.3 Å². The van der Waals surface area contributed by atoms with Gasteiger partial charge in [0, 0.05) is 5.92 Å². The van der Waals surface area contributed by atoms with E-state index < -0.39 is 0 Å². The number of methoxy groups -OCH3 is 2. The van der Waals surface area contributed by atoms with Crippen molar-refractivity contribution in [2.24, 2.45) is 17.8 Å². The van der Waals surface area contributed by atoms with Crippen molar-refractivity contribution in [3.8, 4) is 11.5 Å². The molecule has 1 aliphatic rings. The summed E-state index contributed by atoms with van der Waals surface area (Å²) in [6.45, 7) is 10.4. The van der Waals surface area contributed by atoms with E-state index in [1.807, 2.05) is 24.3 Å². The van der Waals surface area contributed by atoms with Crippen LogP contribution < -0.4 is 9.47 Å². The first-order chi connectivity index (χ1) is 17.5. The fraction of sp³-hybridized carbons (Fsp3) is 0.533. The molecule has 4 atom stereocenters. The quantitative estimate of drug-likeness (QED) is 0.222. The van der Waals surface area contributed by atoms with Gasteiger partial charge in [-0.25, -0.2) is 0 Å². The SMILES string of the molecule is C=C[C@@H](C)C[C@@H](C)[C@H](OCc1ccc(OC)cc1)C(COCc1ccc(OC)cc1)C1SCCCS1. The number of ether oxygens (including phenoxy) is 4. The van der Waals surface area contributed by atoms with E-state index in [4.69, 9.17) is 18.9 Å². The maximum Gasteiger partial charge on any atom is 0.118 e. The number of rotatable bonds is 15. The number of hydrogen-bond donors (Lipinski definition) is 0. The van der Waals surface area contributed by atoms with Crippen LogP contribution in [0.25, 0.3) is 0 Å². The first-order valence-corrected chi connectivity index (χ1v) is 14.9. The monoisotopic (exact) mass is 530 g/mol. The Hall–Kier alpha value is -1.60. The van der Waals surface area contributed by atoms with Crippen molar-refractivity contribution in [3.63, 3.8) is 0 Å². The first-order valence-electron chi connectivity index (χ1n) is 12.8. The Bertz CT molecular complexity index is 881. The minimum Gasteiger partial charge on any atom is -0.497 e. The number of allylic oxidation sites excluding steroid dienone is 1. The zero-order valence-corrected chi connectivity index (χ0v) is 23.8. The third-order valence-corrected chi connectivity index (χ3v) is 9.89. The van der Waals surface area contributed by atoms with Gasteiger partial charge in [0.05, 0.1) is 44.7 Å². The van der Waals surface area contributed by atoms with Gasteiger partial charge in [0.2, 0.25) is 0 Å². The predicted octanol–water partition coefficient (Wildman–Crippen LogP) is 7.47. The van der Waals surface area contributed by atoms with Crippen molar-refractivity contribution in [1.29, 1.82) is 0 Å². The minimum absolute atomic E-state index is 0.0912. The van der Waals surface area contributed by atoms with E-state index in [0.717, 1.165) is 29.0 Å². The normalized spacial score (nSPS) is 17.7. The zero-order chi connectivity index (χ0) is 25.8. The molecule has 1 aliphatic heterocycles. The van der Waals surface area contributed by atoms with E-state index in [-0.39, 0.29) is 6.10 Å². The fourth-order valence-corrected chi connectivity index (χ4v) is 7.75. The molecule has 0 amide bonds. The molecule has 0 bridgehead atoms. The minimum atomic E-state index is 0.0912. The number of benzene rings is 2. The highest BCUT2D eigenvalue weighted by Gasteiger charge is 2.36. The number of hydrogen-bond acceptors (Lipinski definition) is 6. The van der Waals surface area contributed by atoms with E-state index in [2.05, 4.69) is 74.3 Å². The summed E-state index contributed by atoms with van der Waals surface area (Å²) in [6.07, 6.45) is 4.46. The number of thioether (sulfide) groups is 2. The second-order valence-corrected chi connectivity index (χ2v) is 12.3. The Morgan fingerprint density at radius 3 is 1.97 bits per heavy atom. The van der Waals surface area contributed by atoms with E-state index in [9.17, 15) is 0 Å². The van der Waals surface area contributed by atoms with Crippen LogP contribution in [-0.4, -0.2) is 43.0 Å². The molecule has 0 saturated carbocycles. The maximum absolute atomic E-state index is 6.76. The average Bonchev–Trinajstić information content (AvgIpc) is 2.93. The van der Waals surface area contributed by atoms with E-state index in [0.29, 0.717) is 42.2 Å². The van der Waals surface area contributed by atoms with Crippen molar-refractivity contribution in [2.45, 2.75) is 50.6 Å². The lowest BCUT2D eigenvalue weighted by Gasteiger charge is -2.38. The molecule has 2 aromatic rings. The molecule has 1 unspecified atom stereocenters. The van der Waals surface area contributed by atoms with Gasteiger partial charge in [-0.15, -0.1) is 30.1 Å². The van der Waals surface area contributed by atoms with Gasteiger partial charge in [-0.3, -0.25) is 0 Å². The summed E-state index contributed by atoms with van der Waals surface area (Å²) in [4.78, 5) is 0. The molecule has 0 radical (unpaired) electrons. The smallest absolute Gasteiger partial charge is 0.118 e. The van der Waals surface area contributed by atoms with Crippen LogP contribution in [0.1, 0.15) is 37.8 Å². The molecule has 1 fully saturated rings. The molecule has 0 aromatic heterocycles. The van der Waals surface area contributed by atoms with Crippen molar-refractivity contribution in [1.82, 2.24) is 0 Å². The van der Waals surface area contributed by atoms with E-state index in [1.165, 1.54) is 17.9 Å². The molecule has 1 saturated heterocycles. The molecule has 0 aliphatic carbocycles. The van der Waals surface area contributed by atoms with Crippen molar-refractivity contribution < 1.29 is 18.9 Å². The lowest BCUT2D eigenvalue weighted by atomic mass is 9.86. The zero-order valence-electron chi connectivity index (χ0n) is 22.2. The highest BCUT2D eigenvalue weighted by molar-refractivity contribution is 8.17. The second-order valence-electron chi connectivity index (χ2n) is 9.54. The van der Waals surface area contributed by atoms with Crippen LogP contribution in [0.4, 0.5) is 0 Å². The summed E-state index contributed by atoms with van der Waals surface area (Å²) in [6, 6.07) is 16.3. The van der Waals surface area contributed by atoms with Gasteiger partial charge in [0.15, 0.2) is 0 Å². The molecule has 1 heterocycles. The van der Waals surface area contributed by atoms with E-state index in [1.54, 1.807) is 14.2 Å². The van der Waals surface area contributed by atoms with Gasteiger partial charge in [0.1, 0.15) is 11.5 Å². The Morgan fingerprint density at radius 1 is 0.889 bits per heavy atom. The molecule has 2 aromatic carbocycles. The summed E-state index contributed by atoms with van der Waals surface area (Å²) < 4.78 is 24.2. The summed E-state index contributed by atoms with van der Waals surface area (Å²) >= 11 is 4.14. The summed E-state index contributed by atoms with van der Waals surface area (Å²) in [5.74, 6) is 5.26. The Balaban J connectivity index is 1.74. The molecule has 36 heavy (non-hydrogen) atoms. The molecule has 0 N–H and O–H groups in total. The standard InChI is InChI=1S/C30H42O4S2/c1-6-22(2)18-23(3)29(34-20-25-10-14-27(32-5)15-11-25)28(30-35-16-7-17-36-30)21-33-19-24-8-12-26(31-4)13-9-24/h6,8-15,22-23,28-30H,1,7,16-21H2,2-5H3/t22-,23-,28?,29+/m1/s1. The predicted molar refractivity (Wildman–Crippen MR) is 154 cm³/mol. The molecule has 4 nitrogen and oxygen atoms in total. The van der Waals surface area contributed by atoms with Crippen LogP contribution in [0.5, 0.6) is 11.5 Å². The Morgan fingerprint density at radius 2 is 1.44 bits per heavy atom. The highest BCUT2D eigenvalue weighted by Crippen LogP contribution is 2.41. The lowest BCUT2D eigenvalue weighted by Crippen LogP contribution is -2.40. The molecular weight excluding hydrogens is 488 g/mol. The Kier molecular flexibility index (Phi) is 12.6. The molecule has 3 rings (SSSR count). The van der Waals surface area contributed by atoms with Crippen molar-refractivity contribution >= 4 is 23.5 Å². The molecule has 6 heteroatoms. The first kappa shape index (κ1) is 29.0. The van der Waals surface area contributed by atoms with E-state index >= 15 is 0 Å². The van der Waals surface area contributed by atoms with Gasteiger partial charge >= 0.3 is 0 Å². The van der Waals surface area contributed by atoms with Crippen LogP contribution in [0.15, 0.2) is 61.2 Å². The third kappa shape index (κ3) is 9.05. The lowest BCUT2D eigenvalue weighted by molar-refractivity contribution is -0.0586. The van der Waals surface area contributed by atoms with Crippen LogP contribution in [0, 0.1) is 17.8 Å². The largest absolute Gasteiger partial charge is 0.497 e. The average molecular weight is 531 g/mol. The summed E-state index contributed by atoms with van der Waals surface area (Å²) in [5.41, 5.74) is 2.31. The summed E-state index contributed by atoms with van der Waals surface area (Å²) in [5, 5.41) is 0. The van der Waals surface area contributed by atoms with Gasteiger partial charge in [-0.1, -0.05) is 44.2 Å². The van der Waals surface area contributed by atoms with Gasteiger partial charge in [-0.05, 0) is 71.6 Å². The molecular formula is C30H42O4S2.